The van der Waals surface area contributed by atoms with Gasteiger partial charge in [-0.15, -0.1) is 14.9 Å². The second kappa shape index (κ2) is 6.68. The first-order valence-corrected chi connectivity index (χ1v) is 8.02. The van der Waals surface area contributed by atoms with E-state index in [2.05, 4.69) is 10.2 Å². The molecule has 0 unspecified atom stereocenters. The maximum atomic E-state index is 11.8. The number of rotatable bonds is 4. The lowest BCUT2D eigenvalue weighted by Gasteiger charge is -2.10. The first-order valence-electron chi connectivity index (χ1n) is 8.02. The number of fused-ring (bicyclic) bond motifs is 1. The zero-order valence-electron chi connectivity index (χ0n) is 14.0. The van der Waals surface area contributed by atoms with Gasteiger partial charge in [-0.05, 0) is 36.4 Å². The predicted molar refractivity (Wildman–Crippen MR) is 97.0 cm³/mol. The Labute approximate surface area is 149 Å². The average Bonchev–Trinajstić information content (AvgIpc) is 2.70. The molecule has 0 bridgehead atoms. The van der Waals surface area contributed by atoms with Gasteiger partial charge in [0.2, 0.25) is 0 Å². The molecule has 0 aliphatic rings. The highest BCUT2D eigenvalue weighted by atomic mass is 16.6. The van der Waals surface area contributed by atoms with Crippen LogP contribution in [0, 0.1) is 5.21 Å². The third-order valence-corrected chi connectivity index (χ3v) is 4.01. The topological polar surface area (TPSA) is 71.2 Å². The molecule has 4 rings (SSSR count). The highest BCUT2D eigenvalue weighted by Gasteiger charge is 2.15. The number of methoxy groups -OCH3 is 1. The summed E-state index contributed by atoms with van der Waals surface area (Å²) < 4.78 is 11.6. The van der Waals surface area contributed by atoms with Crippen LogP contribution in [0.2, 0.25) is 0 Å². The maximum Gasteiger partial charge on any atom is 0.386 e. The first-order chi connectivity index (χ1) is 12.8. The number of nitrogens with zero attached hydrogens (tertiary/aromatic N) is 3. The molecule has 128 valence electrons. The van der Waals surface area contributed by atoms with Gasteiger partial charge in [0.05, 0.1) is 13.2 Å². The maximum absolute atomic E-state index is 11.8. The molecule has 2 aromatic heterocycles. The molecule has 2 heterocycles. The van der Waals surface area contributed by atoms with Gasteiger partial charge in [-0.25, -0.2) is 0 Å². The number of pyridine rings is 1. The van der Waals surface area contributed by atoms with E-state index < -0.39 is 0 Å². The molecule has 0 saturated heterocycles. The van der Waals surface area contributed by atoms with Crippen LogP contribution >= 0.6 is 0 Å². The van der Waals surface area contributed by atoms with Crippen LogP contribution in [0.4, 0.5) is 0 Å². The Bertz CT molecular complexity index is 1070. The second-order valence-electron chi connectivity index (χ2n) is 5.59. The highest BCUT2D eigenvalue weighted by Crippen LogP contribution is 2.32. The van der Waals surface area contributed by atoms with E-state index in [1.54, 1.807) is 25.3 Å². The Morgan fingerprint density at radius 2 is 1.58 bits per heavy atom. The van der Waals surface area contributed by atoms with Crippen LogP contribution < -0.4 is 14.2 Å². The van der Waals surface area contributed by atoms with Gasteiger partial charge in [-0.3, -0.25) is 0 Å². The highest BCUT2D eigenvalue weighted by molar-refractivity contribution is 5.97. The van der Waals surface area contributed by atoms with Gasteiger partial charge in [0.15, 0.2) is 6.20 Å². The molecule has 6 nitrogen and oxygen atoms in total. The molecular formula is C20H15N3O3. The van der Waals surface area contributed by atoms with E-state index >= 15 is 0 Å². The molecule has 26 heavy (non-hydrogen) atoms. The lowest BCUT2D eigenvalue weighted by Crippen LogP contribution is -2.27. The molecule has 6 heteroatoms. The molecule has 0 aliphatic carbocycles. The van der Waals surface area contributed by atoms with Crippen LogP contribution in [0.15, 0.2) is 72.9 Å². The van der Waals surface area contributed by atoms with Crippen molar-refractivity contribution in [2.75, 3.05) is 7.11 Å². The largest absolute Gasteiger partial charge is 0.616 e. The monoisotopic (exact) mass is 345 g/mol. The molecule has 0 spiro atoms. The Morgan fingerprint density at radius 3 is 2.31 bits per heavy atom. The Hall–Kier alpha value is -3.67. The SMILES string of the molecule is COc1ccc(-c2nnc(Oc3cccc[n+]3[O-])c3ccccc23)cc1. The third-order valence-electron chi connectivity index (χ3n) is 4.01. The van der Waals surface area contributed by atoms with Crippen molar-refractivity contribution in [2.24, 2.45) is 0 Å². The molecule has 0 N–H and O–H groups in total. The minimum absolute atomic E-state index is 0.143. The molecule has 4 aromatic rings. The Kier molecular flexibility index (Phi) is 4.07. The summed E-state index contributed by atoms with van der Waals surface area (Å²) in [6.07, 6.45) is 1.37. The number of hydrogen-bond acceptors (Lipinski definition) is 5. The summed E-state index contributed by atoms with van der Waals surface area (Å²) in [5, 5.41) is 22.0. The number of aromatic nitrogens is 3. The minimum Gasteiger partial charge on any atom is -0.616 e. The third kappa shape index (κ3) is 2.88. The summed E-state index contributed by atoms with van der Waals surface area (Å²) in [7, 11) is 1.63. The Morgan fingerprint density at radius 1 is 0.846 bits per heavy atom. The minimum atomic E-state index is 0.143. The van der Waals surface area contributed by atoms with E-state index in [0.29, 0.717) is 4.73 Å². The van der Waals surface area contributed by atoms with Crippen LogP contribution in [0.1, 0.15) is 0 Å². The summed E-state index contributed by atoms with van der Waals surface area (Å²) in [5.74, 6) is 1.20. The van der Waals surface area contributed by atoms with Crippen molar-refractivity contribution in [3.8, 4) is 28.8 Å². The summed E-state index contributed by atoms with van der Waals surface area (Å²) in [6.45, 7) is 0. The second-order valence-corrected chi connectivity index (χ2v) is 5.59. The summed E-state index contributed by atoms with van der Waals surface area (Å²) in [6, 6.07) is 20.2. The fourth-order valence-corrected chi connectivity index (χ4v) is 2.71. The molecule has 0 aliphatic heterocycles. The van der Waals surface area contributed by atoms with Crippen molar-refractivity contribution in [3.05, 3.63) is 78.1 Å². The van der Waals surface area contributed by atoms with Gasteiger partial charge >= 0.3 is 5.88 Å². The van der Waals surface area contributed by atoms with Crippen LogP contribution in [0.5, 0.6) is 17.5 Å². The van der Waals surface area contributed by atoms with E-state index in [1.807, 2.05) is 48.5 Å². The van der Waals surface area contributed by atoms with Crippen molar-refractivity contribution < 1.29 is 14.2 Å². The van der Waals surface area contributed by atoms with Gasteiger partial charge in [-0.2, -0.15) is 0 Å². The van der Waals surface area contributed by atoms with Gasteiger partial charge in [0, 0.05) is 22.4 Å². The normalized spacial score (nSPS) is 10.7. The lowest BCUT2D eigenvalue weighted by atomic mass is 10.0. The lowest BCUT2D eigenvalue weighted by molar-refractivity contribution is -0.611. The van der Waals surface area contributed by atoms with Crippen LogP contribution in [0.25, 0.3) is 22.0 Å². The standard InChI is InChI=1S/C20H15N3O3/c1-25-15-11-9-14(10-12-15)19-16-6-2-3-7-17(16)20(22-21-19)26-18-8-4-5-13-23(18)24/h2-13H,1H3. The van der Waals surface area contributed by atoms with Gasteiger partial charge in [0.25, 0.3) is 5.88 Å². The van der Waals surface area contributed by atoms with Crippen molar-refractivity contribution in [2.45, 2.75) is 0 Å². The predicted octanol–water partition coefficient (Wildman–Crippen LogP) is 3.73. The zero-order chi connectivity index (χ0) is 17.9. The van der Waals surface area contributed by atoms with Gasteiger partial charge in [0.1, 0.15) is 11.4 Å². The Balaban J connectivity index is 1.81. The average molecular weight is 345 g/mol. The van der Waals surface area contributed by atoms with Crippen LogP contribution in [-0.4, -0.2) is 17.3 Å². The number of ether oxygens (including phenoxy) is 2. The van der Waals surface area contributed by atoms with E-state index in [1.165, 1.54) is 6.20 Å². The fraction of sp³-hybridized carbons (Fsp3) is 0.0500. The summed E-state index contributed by atoms with van der Waals surface area (Å²) in [4.78, 5) is 0. The van der Waals surface area contributed by atoms with Crippen molar-refractivity contribution >= 4 is 10.8 Å². The van der Waals surface area contributed by atoms with Crippen molar-refractivity contribution in [1.29, 1.82) is 0 Å². The number of hydrogen-bond donors (Lipinski definition) is 0. The van der Waals surface area contributed by atoms with E-state index in [-0.39, 0.29) is 11.8 Å². The summed E-state index contributed by atoms with van der Waals surface area (Å²) >= 11 is 0. The molecular weight excluding hydrogens is 330 g/mol. The zero-order valence-corrected chi connectivity index (χ0v) is 14.0. The molecule has 0 fully saturated rings. The van der Waals surface area contributed by atoms with Crippen molar-refractivity contribution in [3.63, 3.8) is 0 Å². The smallest absolute Gasteiger partial charge is 0.386 e. The van der Waals surface area contributed by atoms with E-state index in [0.717, 1.165) is 27.8 Å². The molecule has 0 amide bonds. The van der Waals surface area contributed by atoms with Gasteiger partial charge < -0.3 is 14.7 Å². The van der Waals surface area contributed by atoms with Crippen LogP contribution in [0.3, 0.4) is 0 Å². The molecule has 2 aromatic carbocycles. The first kappa shape index (κ1) is 15.8. The summed E-state index contributed by atoms with van der Waals surface area (Å²) in [5.41, 5.74) is 1.65. The van der Waals surface area contributed by atoms with E-state index in [9.17, 15) is 5.21 Å². The van der Waals surface area contributed by atoms with Crippen LogP contribution in [-0.2, 0) is 0 Å². The van der Waals surface area contributed by atoms with E-state index in [4.69, 9.17) is 9.47 Å². The quantitative estimate of drug-likeness (QED) is 0.416. The van der Waals surface area contributed by atoms with Gasteiger partial charge in [-0.1, -0.05) is 18.2 Å². The number of benzene rings is 2. The molecule has 0 atom stereocenters. The van der Waals surface area contributed by atoms with Crippen molar-refractivity contribution in [1.82, 2.24) is 10.2 Å². The molecule has 0 saturated carbocycles. The fourth-order valence-electron chi connectivity index (χ4n) is 2.71. The molecule has 0 radical (unpaired) electrons.